The summed E-state index contributed by atoms with van der Waals surface area (Å²) in [7, 11) is 2.19. The van der Waals surface area contributed by atoms with E-state index >= 15 is 0 Å². The lowest BCUT2D eigenvalue weighted by atomic mass is 9.89. The number of aromatic amines is 1. The van der Waals surface area contributed by atoms with Gasteiger partial charge in [-0.3, -0.25) is 0 Å². The SMILES string of the molecule is Cn1c2cc(C3CCNCC3)ccc2c2c3c[nH]cc3c(-c3ccccc3Cl)cc21. The summed E-state index contributed by atoms with van der Waals surface area (Å²) in [6, 6.07) is 17.5. The number of nitrogens with zero attached hydrogens (tertiary/aromatic N) is 1. The molecule has 0 atom stereocenters. The summed E-state index contributed by atoms with van der Waals surface area (Å²) in [5.74, 6) is 0.652. The summed E-state index contributed by atoms with van der Waals surface area (Å²) in [6.07, 6.45) is 6.65. The topological polar surface area (TPSA) is 32.8 Å². The van der Waals surface area contributed by atoms with Gasteiger partial charge in [0.05, 0.1) is 5.52 Å². The van der Waals surface area contributed by atoms with Gasteiger partial charge in [0.1, 0.15) is 0 Å². The molecule has 1 aliphatic rings. The highest BCUT2D eigenvalue weighted by Gasteiger charge is 2.20. The first-order valence-corrected chi connectivity index (χ1v) is 11.1. The van der Waals surface area contributed by atoms with Gasteiger partial charge in [-0.2, -0.15) is 0 Å². The summed E-state index contributed by atoms with van der Waals surface area (Å²) >= 11 is 6.58. The van der Waals surface area contributed by atoms with Crippen molar-refractivity contribution in [2.45, 2.75) is 18.8 Å². The van der Waals surface area contributed by atoms with Gasteiger partial charge in [-0.15, -0.1) is 0 Å². The van der Waals surface area contributed by atoms with E-state index < -0.39 is 0 Å². The van der Waals surface area contributed by atoms with Crippen LogP contribution in [-0.4, -0.2) is 22.6 Å². The molecule has 5 aromatic rings. The van der Waals surface area contributed by atoms with Crippen molar-refractivity contribution in [2.24, 2.45) is 7.05 Å². The van der Waals surface area contributed by atoms with Crippen molar-refractivity contribution in [3.05, 3.63) is 71.5 Å². The van der Waals surface area contributed by atoms with E-state index in [2.05, 4.69) is 70.7 Å². The quantitative estimate of drug-likeness (QED) is 0.335. The number of fused-ring (bicyclic) bond motifs is 5. The first kappa shape index (κ1) is 18.1. The molecule has 0 radical (unpaired) electrons. The van der Waals surface area contributed by atoms with Crippen molar-refractivity contribution < 1.29 is 0 Å². The average molecular weight is 414 g/mol. The number of benzene rings is 3. The van der Waals surface area contributed by atoms with Gasteiger partial charge in [-0.25, -0.2) is 0 Å². The Labute approximate surface area is 180 Å². The molecular formula is C26H24ClN3. The summed E-state index contributed by atoms with van der Waals surface area (Å²) in [5, 5.41) is 9.36. The van der Waals surface area contributed by atoms with Crippen LogP contribution in [0, 0.1) is 0 Å². The number of piperidine rings is 1. The van der Waals surface area contributed by atoms with Crippen LogP contribution in [0.15, 0.2) is 60.9 Å². The number of aryl methyl sites for hydroxylation is 1. The predicted octanol–water partition coefficient (Wildman–Crippen LogP) is 6.60. The van der Waals surface area contributed by atoms with Gasteiger partial charge >= 0.3 is 0 Å². The lowest BCUT2D eigenvalue weighted by Gasteiger charge is -2.23. The minimum Gasteiger partial charge on any atom is -0.366 e. The van der Waals surface area contributed by atoms with Crippen LogP contribution < -0.4 is 5.32 Å². The third kappa shape index (κ3) is 2.62. The second kappa shape index (κ2) is 6.90. The van der Waals surface area contributed by atoms with E-state index in [0.29, 0.717) is 5.92 Å². The lowest BCUT2D eigenvalue weighted by molar-refractivity contribution is 0.460. The highest BCUT2D eigenvalue weighted by Crippen LogP contribution is 2.42. The zero-order valence-corrected chi connectivity index (χ0v) is 17.8. The maximum absolute atomic E-state index is 6.58. The van der Waals surface area contributed by atoms with Gasteiger partial charge in [-0.05, 0) is 61.2 Å². The number of halogens is 1. The molecule has 3 nitrogen and oxygen atoms in total. The lowest BCUT2D eigenvalue weighted by Crippen LogP contribution is -2.26. The standard InChI is InChI=1S/C26H24ClN3/c1-30-24-12-17(16-8-10-28-11-9-16)6-7-19(24)26-22-15-29-14-21(22)20(13-25(26)30)18-4-2-3-5-23(18)27/h2-7,12-16,28-29H,8-11H2,1H3. The molecule has 1 aliphatic heterocycles. The monoisotopic (exact) mass is 413 g/mol. The molecule has 0 saturated carbocycles. The van der Waals surface area contributed by atoms with Crippen molar-refractivity contribution in [3.63, 3.8) is 0 Å². The van der Waals surface area contributed by atoms with Crippen LogP contribution in [0.4, 0.5) is 0 Å². The van der Waals surface area contributed by atoms with Crippen molar-refractivity contribution in [1.82, 2.24) is 14.9 Å². The first-order chi connectivity index (χ1) is 14.7. The predicted molar refractivity (Wildman–Crippen MR) is 128 cm³/mol. The molecule has 3 heterocycles. The molecule has 1 fully saturated rings. The summed E-state index contributed by atoms with van der Waals surface area (Å²) in [4.78, 5) is 3.34. The zero-order chi connectivity index (χ0) is 20.2. The second-order valence-corrected chi connectivity index (χ2v) is 8.85. The molecule has 0 amide bonds. The molecule has 0 unspecified atom stereocenters. The Morgan fingerprint density at radius 2 is 1.67 bits per heavy atom. The molecule has 6 rings (SSSR count). The second-order valence-electron chi connectivity index (χ2n) is 8.44. The van der Waals surface area contributed by atoms with Crippen LogP contribution in [0.3, 0.4) is 0 Å². The molecule has 0 aliphatic carbocycles. The molecule has 2 N–H and O–H groups in total. The Morgan fingerprint density at radius 1 is 0.867 bits per heavy atom. The highest BCUT2D eigenvalue weighted by atomic mass is 35.5. The fourth-order valence-electron chi connectivity index (χ4n) is 5.24. The number of nitrogens with one attached hydrogen (secondary N) is 2. The van der Waals surface area contributed by atoms with Crippen molar-refractivity contribution in [3.8, 4) is 11.1 Å². The molecule has 0 bridgehead atoms. The Kier molecular flexibility index (Phi) is 4.15. The fourth-order valence-corrected chi connectivity index (χ4v) is 5.48. The van der Waals surface area contributed by atoms with Crippen LogP contribution in [0.1, 0.15) is 24.3 Å². The van der Waals surface area contributed by atoms with Gasteiger partial charge in [0.2, 0.25) is 0 Å². The van der Waals surface area contributed by atoms with Gasteiger partial charge in [0.15, 0.2) is 0 Å². The maximum atomic E-state index is 6.58. The van der Waals surface area contributed by atoms with E-state index in [9.17, 15) is 0 Å². The summed E-state index contributed by atoms with van der Waals surface area (Å²) < 4.78 is 2.35. The number of H-pyrrole nitrogens is 1. The normalized spacial score (nSPS) is 15.5. The highest BCUT2D eigenvalue weighted by molar-refractivity contribution is 6.34. The number of hydrogen-bond donors (Lipinski definition) is 2. The molecule has 30 heavy (non-hydrogen) atoms. The van der Waals surface area contributed by atoms with Crippen molar-refractivity contribution in [1.29, 1.82) is 0 Å². The van der Waals surface area contributed by atoms with E-state index in [1.807, 2.05) is 12.1 Å². The fraction of sp³-hybridized carbons (Fsp3) is 0.231. The first-order valence-electron chi connectivity index (χ1n) is 10.7. The molecule has 0 spiro atoms. The third-order valence-electron chi connectivity index (χ3n) is 6.83. The Balaban J connectivity index is 1.65. The summed E-state index contributed by atoms with van der Waals surface area (Å²) in [5.41, 5.74) is 6.26. The van der Waals surface area contributed by atoms with Crippen molar-refractivity contribution in [2.75, 3.05) is 13.1 Å². The van der Waals surface area contributed by atoms with E-state index in [-0.39, 0.29) is 0 Å². The minimum atomic E-state index is 0.652. The van der Waals surface area contributed by atoms with E-state index in [0.717, 1.165) is 23.7 Å². The zero-order valence-electron chi connectivity index (χ0n) is 17.0. The smallest absolute Gasteiger partial charge is 0.0502 e. The molecule has 2 aromatic heterocycles. The van der Waals surface area contributed by atoms with Crippen LogP contribution in [0.2, 0.25) is 5.02 Å². The van der Waals surface area contributed by atoms with Crippen LogP contribution in [0.25, 0.3) is 43.7 Å². The molecule has 150 valence electrons. The number of hydrogen-bond acceptors (Lipinski definition) is 1. The Hall–Kier alpha value is -2.75. The van der Waals surface area contributed by atoms with Gasteiger partial charge in [0, 0.05) is 57.1 Å². The van der Waals surface area contributed by atoms with Crippen molar-refractivity contribution >= 4 is 44.2 Å². The minimum absolute atomic E-state index is 0.652. The van der Waals surface area contributed by atoms with Crippen LogP contribution in [-0.2, 0) is 7.05 Å². The van der Waals surface area contributed by atoms with E-state index in [1.54, 1.807) is 0 Å². The van der Waals surface area contributed by atoms with Crippen LogP contribution in [0.5, 0.6) is 0 Å². The van der Waals surface area contributed by atoms with Gasteiger partial charge < -0.3 is 14.9 Å². The van der Waals surface area contributed by atoms with E-state index in [4.69, 9.17) is 11.6 Å². The Morgan fingerprint density at radius 3 is 2.50 bits per heavy atom. The molecular weight excluding hydrogens is 390 g/mol. The largest absolute Gasteiger partial charge is 0.366 e. The number of aromatic nitrogens is 2. The number of rotatable bonds is 2. The Bertz CT molecular complexity index is 1400. The average Bonchev–Trinajstić information content (AvgIpc) is 3.38. The third-order valence-corrected chi connectivity index (χ3v) is 7.16. The van der Waals surface area contributed by atoms with Crippen LogP contribution >= 0.6 is 11.6 Å². The molecule has 4 heteroatoms. The van der Waals surface area contributed by atoms with Gasteiger partial charge in [-0.1, -0.05) is 41.9 Å². The molecule has 3 aromatic carbocycles. The summed E-state index contributed by atoms with van der Waals surface area (Å²) in [6.45, 7) is 2.23. The van der Waals surface area contributed by atoms with E-state index in [1.165, 1.54) is 56.5 Å². The molecule has 1 saturated heterocycles. The van der Waals surface area contributed by atoms with Gasteiger partial charge in [0.25, 0.3) is 0 Å². The maximum Gasteiger partial charge on any atom is 0.0502 e.